The third kappa shape index (κ3) is 1.23. The summed E-state index contributed by atoms with van der Waals surface area (Å²) in [5.74, 6) is -2.95. The van der Waals surface area contributed by atoms with Crippen LogP contribution in [-0.4, -0.2) is 23.1 Å². The highest BCUT2D eigenvalue weighted by Crippen LogP contribution is 2.21. The summed E-state index contributed by atoms with van der Waals surface area (Å²) in [7, 11) is 0. The van der Waals surface area contributed by atoms with Gasteiger partial charge in [-0.05, 0) is 6.07 Å². The highest BCUT2D eigenvalue weighted by atomic mass is 16.4. The molecule has 5 nitrogen and oxygen atoms in total. The van der Waals surface area contributed by atoms with Crippen molar-refractivity contribution in [1.82, 2.24) is 0 Å². The number of hydrogen-bond acceptors (Lipinski definition) is 4. The van der Waals surface area contributed by atoms with E-state index in [9.17, 15) is 4.79 Å². The Bertz CT molecular complexity index is 416. The molecule has 0 radical (unpaired) electrons. The summed E-state index contributed by atoms with van der Waals surface area (Å²) in [6.45, 7) is 0. The molecule has 0 aromatic heterocycles. The predicted molar refractivity (Wildman–Crippen MR) is 52.2 cm³/mol. The number of carboxylic acid groups (broad SMARTS) is 1. The number of aliphatic imine (C=N–C) groups is 1. The minimum atomic E-state index is -1.74. The first kappa shape index (κ1) is 8.71. The van der Waals surface area contributed by atoms with E-state index in [0.717, 1.165) is 5.56 Å². The minimum Gasteiger partial charge on any atom is -0.477 e. The Hall–Kier alpha value is -1.88. The van der Waals surface area contributed by atoms with Crippen molar-refractivity contribution in [2.75, 3.05) is 5.32 Å². The number of fused-ring (bicyclic) bond motifs is 1. The lowest BCUT2D eigenvalue weighted by atomic mass is 10.1. The first-order valence-electron chi connectivity index (χ1n) is 4.06. The van der Waals surface area contributed by atoms with Crippen LogP contribution in [0.25, 0.3) is 0 Å². The molecule has 1 aromatic rings. The average Bonchev–Trinajstić information content (AvgIpc) is 2.17. The number of nitrogens with one attached hydrogen (secondary N) is 1. The summed E-state index contributed by atoms with van der Waals surface area (Å²) in [6.07, 6.45) is 1.46. The van der Waals surface area contributed by atoms with Gasteiger partial charge in [0, 0.05) is 17.5 Å². The van der Waals surface area contributed by atoms with Crippen LogP contribution in [0.5, 0.6) is 0 Å². The number of rotatable bonds is 1. The summed E-state index contributed by atoms with van der Waals surface area (Å²) < 4.78 is 0. The molecule has 1 aliphatic rings. The Morgan fingerprint density at radius 3 is 2.93 bits per heavy atom. The van der Waals surface area contributed by atoms with Crippen molar-refractivity contribution >= 4 is 17.9 Å². The van der Waals surface area contributed by atoms with Crippen LogP contribution in [0.15, 0.2) is 29.3 Å². The first-order chi connectivity index (χ1) is 6.62. The van der Waals surface area contributed by atoms with Crippen molar-refractivity contribution in [2.24, 2.45) is 10.7 Å². The number of anilines is 1. The molecule has 0 spiro atoms. The second-order valence-electron chi connectivity index (χ2n) is 3.04. The number of carboxylic acids is 1. The fourth-order valence-electron chi connectivity index (χ4n) is 1.24. The van der Waals surface area contributed by atoms with Gasteiger partial charge in [-0.25, -0.2) is 9.79 Å². The zero-order valence-electron chi connectivity index (χ0n) is 7.27. The molecule has 1 atom stereocenters. The van der Waals surface area contributed by atoms with E-state index in [1.54, 1.807) is 12.1 Å². The monoisotopic (exact) mass is 191 g/mol. The minimum absolute atomic E-state index is 0.674. The second-order valence-corrected chi connectivity index (χ2v) is 3.04. The molecule has 0 aliphatic carbocycles. The maximum Gasteiger partial charge on any atom is 0.368 e. The van der Waals surface area contributed by atoms with E-state index in [1.807, 2.05) is 12.1 Å². The van der Waals surface area contributed by atoms with Gasteiger partial charge >= 0.3 is 5.97 Å². The van der Waals surface area contributed by atoms with E-state index in [4.69, 9.17) is 10.8 Å². The molecular weight excluding hydrogens is 182 g/mol. The van der Waals surface area contributed by atoms with Crippen molar-refractivity contribution in [1.29, 1.82) is 0 Å². The topological polar surface area (TPSA) is 87.7 Å². The third-order valence-corrected chi connectivity index (χ3v) is 2.02. The van der Waals surface area contributed by atoms with Crippen molar-refractivity contribution in [3.63, 3.8) is 0 Å². The van der Waals surface area contributed by atoms with Crippen LogP contribution < -0.4 is 11.1 Å². The number of nitrogens with zero attached hydrogens (tertiary/aromatic N) is 1. The van der Waals surface area contributed by atoms with Crippen molar-refractivity contribution in [3.8, 4) is 0 Å². The molecule has 1 heterocycles. The molecule has 0 amide bonds. The van der Waals surface area contributed by atoms with Crippen molar-refractivity contribution in [3.05, 3.63) is 29.8 Å². The quantitative estimate of drug-likeness (QED) is 0.592. The zero-order chi connectivity index (χ0) is 10.2. The summed E-state index contributed by atoms with van der Waals surface area (Å²) in [5.41, 5.74) is 7.01. The summed E-state index contributed by atoms with van der Waals surface area (Å²) in [5, 5.41) is 11.5. The molecular formula is C9H9N3O2. The van der Waals surface area contributed by atoms with E-state index >= 15 is 0 Å². The Morgan fingerprint density at radius 2 is 2.21 bits per heavy atom. The largest absolute Gasteiger partial charge is 0.477 e. The Kier molecular flexibility index (Phi) is 1.75. The Balaban J connectivity index is 2.43. The van der Waals surface area contributed by atoms with Gasteiger partial charge < -0.3 is 10.4 Å². The van der Waals surface area contributed by atoms with Crippen molar-refractivity contribution < 1.29 is 9.90 Å². The number of benzene rings is 1. The molecule has 0 saturated carbocycles. The van der Waals surface area contributed by atoms with Gasteiger partial charge in [-0.3, -0.25) is 5.73 Å². The predicted octanol–water partition coefficient (Wildman–Crippen LogP) is 0.228. The van der Waals surface area contributed by atoms with Gasteiger partial charge in [0.2, 0.25) is 0 Å². The van der Waals surface area contributed by atoms with E-state index in [0.29, 0.717) is 5.69 Å². The molecule has 2 rings (SSSR count). The first-order valence-corrected chi connectivity index (χ1v) is 4.06. The smallest absolute Gasteiger partial charge is 0.368 e. The normalized spacial score (nSPS) is 23.8. The highest BCUT2D eigenvalue weighted by Gasteiger charge is 2.35. The lowest BCUT2D eigenvalue weighted by molar-refractivity contribution is -0.141. The number of hydrogen-bond donors (Lipinski definition) is 3. The van der Waals surface area contributed by atoms with Crippen molar-refractivity contribution in [2.45, 2.75) is 5.79 Å². The molecule has 0 fully saturated rings. The average molecular weight is 191 g/mol. The molecule has 1 aliphatic heterocycles. The SMILES string of the molecule is NC1(C(=O)O)N=Cc2ccccc2N1. The van der Waals surface area contributed by atoms with Gasteiger partial charge in [-0.15, -0.1) is 0 Å². The van der Waals surface area contributed by atoms with Gasteiger partial charge in [0.1, 0.15) is 0 Å². The van der Waals surface area contributed by atoms with Gasteiger partial charge in [0.05, 0.1) is 0 Å². The Labute approximate surface area is 80.3 Å². The number of carbonyl (C=O) groups is 1. The molecule has 1 aromatic carbocycles. The summed E-state index contributed by atoms with van der Waals surface area (Å²) in [4.78, 5) is 14.5. The third-order valence-electron chi connectivity index (χ3n) is 2.02. The fourth-order valence-corrected chi connectivity index (χ4v) is 1.24. The zero-order valence-corrected chi connectivity index (χ0v) is 7.27. The van der Waals surface area contributed by atoms with Crippen LogP contribution >= 0.6 is 0 Å². The van der Waals surface area contributed by atoms with Crippen LogP contribution in [0.2, 0.25) is 0 Å². The van der Waals surface area contributed by atoms with Crippen LogP contribution in [0.3, 0.4) is 0 Å². The number of nitrogens with two attached hydrogens (primary N) is 1. The van der Waals surface area contributed by atoms with Crippen LogP contribution in [0, 0.1) is 0 Å². The lowest BCUT2D eigenvalue weighted by Crippen LogP contribution is -2.54. The maximum atomic E-state index is 10.8. The molecule has 5 heteroatoms. The van der Waals surface area contributed by atoms with Crippen LogP contribution in [-0.2, 0) is 4.79 Å². The van der Waals surface area contributed by atoms with E-state index < -0.39 is 11.8 Å². The second kappa shape index (κ2) is 2.81. The maximum absolute atomic E-state index is 10.8. The molecule has 0 saturated heterocycles. The molecule has 4 N–H and O–H groups in total. The molecule has 0 bridgehead atoms. The fraction of sp³-hybridized carbons (Fsp3) is 0.111. The standard InChI is InChI=1S/C9H9N3O2/c10-9(8(13)14)11-5-6-3-1-2-4-7(6)12-9/h1-5,12H,10H2,(H,13,14). The lowest BCUT2D eigenvalue weighted by Gasteiger charge is -2.26. The number of aliphatic carboxylic acids is 1. The van der Waals surface area contributed by atoms with E-state index in [-0.39, 0.29) is 0 Å². The molecule has 72 valence electrons. The van der Waals surface area contributed by atoms with E-state index in [2.05, 4.69) is 10.3 Å². The molecule has 14 heavy (non-hydrogen) atoms. The summed E-state index contributed by atoms with van der Waals surface area (Å²) >= 11 is 0. The van der Waals surface area contributed by atoms with Gasteiger partial charge in [0.25, 0.3) is 5.79 Å². The van der Waals surface area contributed by atoms with Gasteiger partial charge in [0.15, 0.2) is 0 Å². The summed E-state index contributed by atoms with van der Waals surface area (Å²) in [6, 6.07) is 7.22. The Morgan fingerprint density at radius 1 is 1.50 bits per heavy atom. The highest BCUT2D eigenvalue weighted by molar-refractivity contribution is 5.95. The van der Waals surface area contributed by atoms with E-state index in [1.165, 1.54) is 6.21 Å². The van der Waals surface area contributed by atoms with Gasteiger partial charge in [-0.1, -0.05) is 18.2 Å². The van der Waals surface area contributed by atoms with Gasteiger partial charge in [-0.2, -0.15) is 0 Å². The molecule has 1 unspecified atom stereocenters. The van der Waals surface area contributed by atoms with Crippen LogP contribution in [0.1, 0.15) is 5.56 Å². The number of para-hydroxylation sites is 1. The van der Waals surface area contributed by atoms with Crippen LogP contribution in [0.4, 0.5) is 5.69 Å².